The average Bonchev–Trinajstić information content (AvgIpc) is 3.33. The number of allylic oxidation sites excluding steroid dienone is 1. The highest BCUT2D eigenvalue weighted by atomic mass is 16.1. The van der Waals surface area contributed by atoms with Crippen molar-refractivity contribution < 1.29 is 4.79 Å². The van der Waals surface area contributed by atoms with Gasteiger partial charge < -0.3 is 21.4 Å². The van der Waals surface area contributed by atoms with Crippen LogP contribution in [0.3, 0.4) is 0 Å². The number of fused-ring (bicyclic) bond motifs is 1. The lowest BCUT2D eigenvalue weighted by atomic mass is 9.86. The molecule has 1 heterocycles. The maximum absolute atomic E-state index is 13.6. The first-order chi connectivity index (χ1) is 19.9. The first kappa shape index (κ1) is 29.1. The summed E-state index contributed by atoms with van der Waals surface area (Å²) in [6.07, 6.45) is 16.6. The number of aryl methyl sites for hydroxylation is 1. The number of nitrogens with two attached hydrogens (primary N) is 2. The molecular weight excluding hydrogens is 506 g/mol. The number of hydrogen-bond acceptors (Lipinski definition) is 4. The number of amides is 1. The molecule has 218 valence electrons. The van der Waals surface area contributed by atoms with Gasteiger partial charge in [-0.3, -0.25) is 9.79 Å². The predicted molar refractivity (Wildman–Crippen MR) is 170 cm³/mol. The Labute approximate surface area is 245 Å². The van der Waals surface area contributed by atoms with Crippen LogP contribution in [-0.4, -0.2) is 35.3 Å². The molecule has 5 rings (SSSR count). The van der Waals surface area contributed by atoms with Gasteiger partial charge in [0.2, 0.25) is 5.91 Å². The zero-order valence-corrected chi connectivity index (χ0v) is 24.8. The topological polar surface area (TPSA) is 98.4 Å². The van der Waals surface area contributed by atoms with Crippen molar-refractivity contribution in [1.29, 1.82) is 0 Å². The van der Waals surface area contributed by atoms with Gasteiger partial charge in [-0.25, -0.2) is 0 Å². The van der Waals surface area contributed by atoms with Crippen LogP contribution < -0.4 is 16.8 Å². The summed E-state index contributed by atoms with van der Waals surface area (Å²) in [6, 6.07) is 15.7. The smallest absolute Gasteiger partial charge is 0.221 e. The Balaban J connectivity index is 1.56. The van der Waals surface area contributed by atoms with E-state index in [-0.39, 0.29) is 23.9 Å². The second kappa shape index (κ2) is 13.5. The molecule has 2 fully saturated rings. The lowest BCUT2D eigenvalue weighted by Crippen LogP contribution is -2.40. The average molecular weight is 554 g/mol. The molecule has 3 aromatic rings. The number of nitrogens with one attached hydrogen (secondary N) is 1. The molecule has 5 N–H and O–H groups in total. The summed E-state index contributed by atoms with van der Waals surface area (Å²) in [5.41, 5.74) is 18.6. The van der Waals surface area contributed by atoms with Gasteiger partial charge in [-0.1, -0.05) is 55.2 Å². The summed E-state index contributed by atoms with van der Waals surface area (Å²) < 4.78 is 2.45. The summed E-state index contributed by atoms with van der Waals surface area (Å²) in [5.74, 6) is 0.750. The predicted octanol–water partition coefficient (Wildman–Crippen LogP) is 6.33. The van der Waals surface area contributed by atoms with Crippen LogP contribution in [0.5, 0.6) is 0 Å². The van der Waals surface area contributed by atoms with Crippen LogP contribution in [0.1, 0.15) is 92.4 Å². The second-order valence-corrected chi connectivity index (χ2v) is 12.3. The lowest BCUT2D eigenvalue weighted by Gasteiger charge is -2.27. The first-order valence-corrected chi connectivity index (χ1v) is 15.5. The molecule has 6 nitrogen and oxygen atoms in total. The van der Waals surface area contributed by atoms with Crippen molar-refractivity contribution in [1.82, 2.24) is 9.88 Å². The van der Waals surface area contributed by atoms with E-state index in [2.05, 4.69) is 70.5 Å². The van der Waals surface area contributed by atoms with Gasteiger partial charge in [0.05, 0.1) is 5.71 Å². The maximum atomic E-state index is 13.6. The summed E-state index contributed by atoms with van der Waals surface area (Å²) in [5, 5.41) is 4.54. The van der Waals surface area contributed by atoms with Gasteiger partial charge in [0.15, 0.2) is 0 Å². The van der Waals surface area contributed by atoms with Gasteiger partial charge >= 0.3 is 0 Å². The van der Waals surface area contributed by atoms with E-state index in [9.17, 15) is 4.79 Å². The highest BCUT2D eigenvalue weighted by Crippen LogP contribution is 2.37. The van der Waals surface area contributed by atoms with E-state index >= 15 is 0 Å². The molecular formula is C35H47N5O. The van der Waals surface area contributed by atoms with Crippen molar-refractivity contribution in [3.05, 3.63) is 83.2 Å². The quantitative estimate of drug-likeness (QED) is 0.270. The molecule has 0 bridgehead atoms. The number of aliphatic imine (C=N–C) groups is 1. The standard InChI is InChI=1S/C35H47N5O/c1-24-7-6-10-26(19-24)30(21-35(41)39-29-14-12-28(37)13-15-29)32-23-40(22-25-8-4-3-5-9-25)34-16-11-27(20-31(32)34)33(38-2)17-18-36/h6-7,10-11,16-20,23,25,28-30H,3-5,8-9,12-15,21-22,36-37H2,1-2H3,(H,39,41). The normalized spacial score (nSPS) is 21.4. The fraction of sp³-hybridized carbons (Fsp3) is 0.486. The number of hydrogen-bond donors (Lipinski definition) is 3. The number of rotatable bonds is 9. The first-order valence-electron chi connectivity index (χ1n) is 15.5. The Morgan fingerprint density at radius 3 is 2.56 bits per heavy atom. The molecule has 2 aliphatic carbocycles. The third-order valence-electron chi connectivity index (χ3n) is 9.23. The Hall–Kier alpha value is -3.38. The van der Waals surface area contributed by atoms with E-state index in [0.717, 1.165) is 43.5 Å². The second-order valence-electron chi connectivity index (χ2n) is 12.3. The van der Waals surface area contributed by atoms with Gasteiger partial charge in [0.1, 0.15) is 0 Å². The molecule has 2 aromatic carbocycles. The molecule has 0 spiro atoms. The van der Waals surface area contributed by atoms with E-state index in [4.69, 9.17) is 11.5 Å². The number of aromatic nitrogens is 1. The third kappa shape index (κ3) is 7.10. The summed E-state index contributed by atoms with van der Waals surface area (Å²) in [4.78, 5) is 18.1. The van der Waals surface area contributed by atoms with Crippen LogP contribution in [0, 0.1) is 12.8 Å². The zero-order chi connectivity index (χ0) is 28.8. The minimum absolute atomic E-state index is 0.0573. The summed E-state index contributed by atoms with van der Waals surface area (Å²) >= 11 is 0. The van der Waals surface area contributed by atoms with Gasteiger partial charge in [-0.05, 0) is 86.9 Å². The highest BCUT2D eigenvalue weighted by Gasteiger charge is 2.27. The fourth-order valence-electron chi connectivity index (χ4n) is 6.98. The Kier molecular flexibility index (Phi) is 9.60. The van der Waals surface area contributed by atoms with Crippen molar-refractivity contribution >= 4 is 22.5 Å². The molecule has 6 heteroatoms. The van der Waals surface area contributed by atoms with Crippen molar-refractivity contribution in [2.75, 3.05) is 7.05 Å². The van der Waals surface area contributed by atoms with Crippen LogP contribution in [0.15, 0.2) is 65.9 Å². The minimum atomic E-state index is -0.0573. The molecule has 1 aromatic heterocycles. The summed E-state index contributed by atoms with van der Waals surface area (Å²) in [6.45, 7) is 3.14. The van der Waals surface area contributed by atoms with Crippen molar-refractivity contribution in [2.45, 2.75) is 95.7 Å². The lowest BCUT2D eigenvalue weighted by molar-refractivity contribution is -0.122. The van der Waals surface area contributed by atoms with Gasteiger partial charge in [0, 0.05) is 60.7 Å². The van der Waals surface area contributed by atoms with Gasteiger partial charge in [0.25, 0.3) is 0 Å². The Morgan fingerprint density at radius 1 is 1.07 bits per heavy atom. The SMILES string of the molecule is CN=C(C=CN)c1ccc2c(c1)c(C(CC(=O)NC1CCC(N)CC1)c1cccc(C)c1)cn2CC1CCCCC1. The molecule has 41 heavy (non-hydrogen) atoms. The Bertz CT molecular complexity index is 1390. The fourth-order valence-corrected chi connectivity index (χ4v) is 6.98. The molecule has 1 atom stereocenters. The molecule has 2 saturated carbocycles. The van der Waals surface area contributed by atoms with Crippen molar-refractivity contribution in [3.63, 3.8) is 0 Å². The van der Waals surface area contributed by atoms with E-state index in [1.807, 2.05) is 6.08 Å². The third-order valence-corrected chi connectivity index (χ3v) is 9.23. The molecule has 0 radical (unpaired) electrons. The summed E-state index contributed by atoms with van der Waals surface area (Å²) in [7, 11) is 1.80. The molecule has 0 saturated heterocycles. The van der Waals surface area contributed by atoms with Crippen LogP contribution in [0.4, 0.5) is 0 Å². The minimum Gasteiger partial charge on any atom is -0.405 e. The monoisotopic (exact) mass is 553 g/mol. The van der Waals surface area contributed by atoms with Gasteiger partial charge in [-0.15, -0.1) is 0 Å². The van der Waals surface area contributed by atoms with E-state index < -0.39 is 0 Å². The van der Waals surface area contributed by atoms with Crippen LogP contribution in [0.2, 0.25) is 0 Å². The maximum Gasteiger partial charge on any atom is 0.221 e. The number of nitrogens with zero attached hydrogens (tertiary/aromatic N) is 2. The molecule has 0 aliphatic heterocycles. The number of carbonyl (C=O) groups is 1. The van der Waals surface area contributed by atoms with E-state index in [1.165, 1.54) is 59.7 Å². The van der Waals surface area contributed by atoms with Crippen LogP contribution in [-0.2, 0) is 11.3 Å². The Morgan fingerprint density at radius 2 is 1.85 bits per heavy atom. The molecule has 1 amide bonds. The van der Waals surface area contributed by atoms with Crippen LogP contribution >= 0.6 is 0 Å². The highest BCUT2D eigenvalue weighted by molar-refractivity contribution is 6.10. The van der Waals surface area contributed by atoms with Crippen LogP contribution in [0.25, 0.3) is 10.9 Å². The van der Waals surface area contributed by atoms with Gasteiger partial charge in [-0.2, -0.15) is 0 Å². The van der Waals surface area contributed by atoms with Crippen molar-refractivity contribution in [2.24, 2.45) is 22.4 Å². The largest absolute Gasteiger partial charge is 0.405 e. The molecule has 1 unspecified atom stereocenters. The number of benzene rings is 2. The van der Waals surface area contributed by atoms with E-state index in [1.54, 1.807) is 13.2 Å². The van der Waals surface area contributed by atoms with Crippen molar-refractivity contribution in [3.8, 4) is 0 Å². The number of carbonyl (C=O) groups excluding carboxylic acids is 1. The molecule has 2 aliphatic rings. The van der Waals surface area contributed by atoms with E-state index in [0.29, 0.717) is 12.3 Å². The zero-order valence-electron chi connectivity index (χ0n) is 24.8.